The van der Waals surface area contributed by atoms with Gasteiger partial charge >= 0.3 is 0 Å². The number of hydrogen-bond acceptors (Lipinski definition) is 3. The molecule has 0 aromatic rings. The van der Waals surface area contributed by atoms with Crippen molar-refractivity contribution in [2.24, 2.45) is 4.99 Å². The molecule has 1 aliphatic rings. The highest BCUT2D eigenvalue weighted by atomic mass is 16.7. The van der Waals surface area contributed by atoms with Crippen molar-refractivity contribution < 1.29 is 9.47 Å². The van der Waals surface area contributed by atoms with Crippen LogP contribution in [0.15, 0.2) is 17.5 Å². The summed E-state index contributed by atoms with van der Waals surface area (Å²) in [6, 6.07) is 0. The minimum absolute atomic E-state index is 0.322. The first-order chi connectivity index (χ1) is 4.00. The Balaban J connectivity index is 2.33. The molecular weight excluding hydrogens is 106 g/mol. The fourth-order valence-corrected chi connectivity index (χ4v) is 0.370. The van der Waals surface area contributed by atoms with Gasteiger partial charge in [0.2, 0.25) is 0 Å². The second-order valence-corrected chi connectivity index (χ2v) is 1.27. The van der Waals surface area contributed by atoms with Crippen LogP contribution >= 0.6 is 0 Å². The van der Waals surface area contributed by atoms with Gasteiger partial charge in [-0.25, -0.2) is 0 Å². The van der Waals surface area contributed by atoms with Crippen LogP contribution in [0.1, 0.15) is 0 Å². The van der Waals surface area contributed by atoms with Crippen LogP contribution in [0.3, 0.4) is 0 Å². The predicted molar refractivity (Wildman–Crippen MR) is 29.5 cm³/mol. The van der Waals surface area contributed by atoms with E-state index in [2.05, 4.69) is 4.99 Å². The molecule has 0 radical (unpaired) electrons. The van der Waals surface area contributed by atoms with Gasteiger partial charge in [0.25, 0.3) is 0 Å². The molecule has 0 aliphatic carbocycles. The molecule has 0 saturated carbocycles. The summed E-state index contributed by atoms with van der Waals surface area (Å²) in [4.78, 5) is 3.78. The van der Waals surface area contributed by atoms with Crippen LogP contribution in [0, 0.1) is 0 Å². The largest absolute Gasteiger partial charge is 0.474 e. The fraction of sp³-hybridized carbons (Fsp3) is 0.400. The highest BCUT2D eigenvalue weighted by Crippen LogP contribution is 1.83. The monoisotopic (exact) mass is 113 g/mol. The van der Waals surface area contributed by atoms with Gasteiger partial charge in [0.05, 0.1) is 12.8 Å². The number of rotatable bonds is 0. The van der Waals surface area contributed by atoms with Crippen LogP contribution in [-0.4, -0.2) is 19.6 Å². The predicted octanol–water partition coefficient (Wildman–Crippen LogP) is 0.533. The summed E-state index contributed by atoms with van der Waals surface area (Å²) in [5, 5.41) is 0. The Morgan fingerprint density at radius 3 is 3.50 bits per heavy atom. The van der Waals surface area contributed by atoms with Crippen LogP contribution in [-0.2, 0) is 9.47 Å². The van der Waals surface area contributed by atoms with E-state index in [0.717, 1.165) is 0 Å². The average molecular weight is 113 g/mol. The molecule has 0 N–H and O–H groups in total. The average Bonchev–Trinajstić information content (AvgIpc) is 1.62. The van der Waals surface area contributed by atoms with Gasteiger partial charge in [-0.1, -0.05) is 0 Å². The van der Waals surface area contributed by atoms with Gasteiger partial charge in [0.15, 0.2) is 6.79 Å². The van der Waals surface area contributed by atoms with E-state index in [-0.39, 0.29) is 0 Å². The van der Waals surface area contributed by atoms with Crippen molar-refractivity contribution in [3.05, 3.63) is 12.5 Å². The zero-order valence-corrected chi connectivity index (χ0v) is 4.41. The molecular formula is C5H7NO2. The normalized spacial score (nSPS) is 27.0. The smallest absolute Gasteiger partial charge is 0.188 e. The number of ether oxygens (including phenoxy) is 2. The molecule has 0 spiro atoms. The topological polar surface area (TPSA) is 30.8 Å². The van der Waals surface area contributed by atoms with Crippen molar-refractivity contribution in [1.82, 2.24) is 0 Å². The molecule has 3 nitrogen and oxygen atoms in total. The van der Waals surface area contributed by atoms with E-state index in [1.807, 2.05) is 0 Å². The third-order valence-electron chi connectivity index (χ3n) is 0.692. The van der Waals surface area contributed by atoms with Crippen LogP contribution in [0.5, 0.6) is 0 Å². The third kappa shape index (κ3) is 1.75. The van der Waals surface area contributed by atoms with Crippen LogP contribution in [0.25, 0.3) is 0 Å². The van der Waals surface area contributed by atoms with Gasteiger partial charge in [0.1, 0.15) is 6.26 Å². The molecule has 1 rings (SSSR count). The first-order valence-corrected chi connectivity index (χ1v) is 2.36. The van der Waals surface area contributed by atoms with Crippen molar-refractivity contribution >= 4 is 6.21 Å². The van der Waals surface area contributed by atoms with Crippen molar-refractivity contribution in [1.29, 1.82) is 0 Å². The molecule has 0 atom stereocenters. The molecule has 0 fully saturated rings. The number of aliphatic imine (C=N–C) groups is 1. The second-order valence-electron chi connectivity index (χ2n) is 1.27. The third-order valence-corrected chi connectivity index (χ3v) is 0.692. The SMILES string of the molecule is C1=C\OCOC\C=N/1. The van der Waals surface area contributed by atoms with Gasteiger partial charge in [-0.15, -0.1) is 0 Å². The lowest BCUT2D eigenvalue weighted by Gasteiger charge is -2.00. The maximum absolute atomic E-state index is 4.85. The summed E-state index contributed by atoms with van der Waals surface area (Å²) in [5.74, 6) is 0. The molecule has 1 aliphatic heterocycles. The molecule has 8 heavy (non-hydrogen) atoms. The summed E-state index contributed by atoms with van der Waals surface area (Å²) < 4.78 is 9.61. The molecule has 44 valence electrons. The summed E-state index contributed by atoms with van der Waals surface area (Å²) >= 11 is 0. The number of nitrogens with zero attached hydrogens (tertiary/aromatic N) is 1. The van der Waals surface area contributed by atoms with Crippen molar-refractivity contribution in [2.45, 2.75) is 0 Å². The molecule has 0 aromatic carbocycles. The first-order valence-electron chi connectivity index (χ1n) is 2.36. The van der Waals surface area contributed by atoms with Gasteiger partial charge < -0.3 is 9.47 Å². The fourth-order valence-electron chi connectivity index (χ4n) is 0.370. The lowest BCUT2D eigenvalue weighted by atomic mass is 10.8. The summed E-state index contributed by atoms with van der Waals surface area (Å²) in [7, 11) is 0. The van der Waals surface area contributed by atoms with Crippen molar-refractivity contribution in [3.8, 4) is 0 Å². The quantitative estimate of drug-likeness (QED) is 0.459. The Morgan fingerprint density at radius 1 is 1.50 bits per heavy atom. The van der Waals surface area contributed by atoms with Crippen LogP contribution < -0.4 is 0 Å². The number of hydrogen-bond donors (Lipinski definition) is 0. The highest BCUT2D eigenvalue weighted by molar-refractivity contribution is 5.59. The Labute approximate surface area is 47.6 Å². The molecule has 0 saturated heterocycles. The molecule has 0 unspecified atom stereocenters. The molecule has 3 heteroatoms. The minimum Gasteiger partial charge on any atom is -0.474 e. The summed E-state index contributed by atoms with van der Waals surface area (Å²) in [5.41, 5.74) is 0. The summed E-state index contributed by atoms with van der Waals surface area (Å²) in [6.45, 7) is 0.854. The van der Waals surface area contributed by atoms with Gasteiger partial charge in [0, 0.05) is 6.21 Å². The molecule has 1 heterocycles. The Bertz CT molecular complexity index is 95.0. The second kappa shape index (κ2) is 3.21. The van der Waals surface area contributed by atoms with Crippen LogP contribution in [0.4, 0.5) is 0 Å². The zero-order chi connectivity index (χ0) is 5.66. The maximum Gasteiger partial charge on any atom is 0.188 e. The van der Waals surface area contributed by atoms with E-state index in [9.17, 15) is 0 Å². The lowest BCUT2D eigenvalue weighted by molar-refractivity contribution is 0.00649. The molecule has 0 amide bonds. The lowest BCUT2D eigenvalue weighted by Crippen LogP contribution is -1.99. The van der Waals surface area contributed by atoms with E-state index in [0.29, 0.717) is 13.4 Å². The van der Waals surface area contributed by atoms with E-state index in [1.165, 1.54) is 6.26 Å². The van der Waals surface area contributed by atoms with Crippen molar-refractivity contribution in [2.75, 3.05) is 13.4 Å². The Kier molecular flexibility index (Phi) is 2.13. The van der Waals surface area contributed by atoms with Gasteiger partial charge in [-0.05, 0) is 0 Å². The summed E-state index contributed by atoms with van der Waals surface area (Å²) in [6.07, 6.45) is 4.76. The first kappa shape index (κ1) is 5.31. The van der Waals surface area contributed by atoms with Crippen molar-refractivity contribution in [3.63, 3.8) is 0 Å². The van der Waals surface area contributed by atoms with E-state index < -0.39 is 0 Å². The highest BCUT2D eigenvalue weighted by Gasteiger charge is 1.82. The standard InChI is InChI=1S/C5H7NO2/c1-3-7-5-8-4-2-6-1/h1-3H,4-5H2/b3-1-,6-2-. The maximum atomic E-state index is 4.85. The zero-order valence-electron chi connectivity index (χ0n) is 4.41. The Hall–Kier alpha value is -0.830. The van der Waals surface area contributed by atoms with E-state index in [4.69, 9.17) is 9.47 Å². The van der Waals surface area contributed by atoms with E-state index >= 15 is 0 Å². The molecule has 0 aromatic heterocycles. The molecule has 0 bridgehead atoms. The minimum atomic E-state index is 0.322. The van der Waals surface area contributed by atoms with Crippen LogP contribution in [0.2, 0.25) is 0 Å². The van der Waals surface area contributed by atoms with Gasteiger partial charge in [-0.2, -0.15) is 0 Å². The Morgan fingerprint density at radius 2 is 2.50 bits per heavy atom. The van der Waals surface area contributed by atoms with Gasteiger partial charge in [-0.3, -0.25) is 4.99 Å². The van der Waals surface area contributed by atoms with E-state index in [1.54, 1.807) is 12.4 Å².